The average Bonchev–Trinajstić information content (AvgIpc) is 2.38. The summed E-state index contributed by atoms with van der Waals surface area (Å²) in [6.07, 6.45) is 7.75. The molecule has 0 radical (unpaired) electrons. The highest BCUT2D eigenvalue weighted by Gasteiger charge is 2.27. The van der Waals surface area contributed by atoms with Crippen LogP contribution in [0.3, 0.4) is 0 Å². The van der Waals surface area contributed by atoms with Crippen LogP contribution in [0.25, 0.3) is 0 Å². The van der Waals surface area contributed by atoms with Gasteiger partial charge in [-0.3, -0.25) is 10.1 Å². The number of nitro groups is 1. The third kappa shape index (κ3) is 2.97. The molecule has 1 aliphatic rings. The van der Waals surface area contributed by atoms with Crippen molar-refractivity contribution in [2.24, 2.45) is 5.41 Å². The van der Waals surface area contributed by atoms with Crippen molar-refractivity contribution < 1.29 is 4.92 Å². The maximum absolute atomic E-state index is 10.9. The van der Waals surface area contributed by atoms with Gasteiger partial charge in [-0.2, -0.15) is 0 Å². The summed E-state index contributed by atoms with van der Waals surface area (Å²) in [6, 6.07) is 3.07. The van der Waals surface area contributed by atoms with Gasteiger partial charge in [-0.15, -0.1) is 0 Å². The largest absolute Gasteiger partial charge is 0.364 e. The molecule has 5 nitrogen and oxygen atoms in total. The Morgan fingerprint density at radius 2 is 2.17 bits per heavy atom. The van der Waals surface area contributed by atoms with Gasteiger partial charge >= 0.3 is 5.69 Å². The highest BCUT2D eigenvalue weighted by molar-refractivity contribution is 5.55. The SMILES string of the molecule is CC1(CNc2ncccc2[N+](=O)[O-])CCCCC1. The van der Waals surface area contributed by atoms with E-state index in [4.69, 9.17) is 0 Å². The molecule has 1 fully saturated rings. The van der Waals surface area contributed by atoms with Crippen molar-refractivity contribution in [3.05, 3.63) is 28.4 Å². The molecular weight excluding hydrogens is 230 g/mol. The number of rotatable bonds is 4. The summed E-state index contributed by atoms with van der Waals surface area (Å²) in [5.74, 6) is 0.384. The first-order valence-corrected chi connectivity index (χ1v) is 6.44. The number of nitrogens with one attached hydrogen (secondary N) is 1. The van der Waals surface area contributed by atoms with E-state index < -0.39 is 4.92 Å². The molecule has 1 aromatic rings. The molecule has 98 valence electrons. The zero-order valence-electron chi connectivity index (χ0n) is 10.7. The zero-order chi connectivity index (χ0) is 13.0. The van der Waals surface area contributed by atoms with Gasteiger partial charge in [0.15, 0.2) is 0 Å². The van der Waals surface area contributed by atoms with E-state index in [0.29, 0.717) is 5.82 Å². The van der Waals surface area contributed by atoms with Crippen LogP contribution in [0.4, 0.5) is 11.5 Å². The van der Waals surface area contributed by atoms with Gasteiger partial charge in [0.2, 0.25) is 5.82 Å². The first kappa shape index (κ1) is 12.8. The summed E-state index contributed by atoms with van der Waals surface area (Å²) in [7, 11) is 0. The van der Waals surface area contributed by atoms with Gasteiger partial charge in [0, 0.05) is 18.8 Å². The fourth-order valence-electron chi connectivity index (χ4n) is 2.56. The number of anilines is 1. The maximum atomic E-state index is 10.9. The molecule has 0 aliphatic heterocycles. The third-order valence-corrected chi connectivity index (χ3v) is 3.73. The number of hydrogen-bond donors (Lipinski definition) is 1. The van der Waals surface area contributed by atoms with Crippen LogP contribution >= 0.6 is 0 Å². The average molecular weight is 249 g/mol. The Hall–Kier alpha value is -1.65. The molecule has 18 heavy (non-hydrogen) atoms. The molecule has 0 aromatic carbocycles. The Balaban J connectivity index is 2.03. The Bertz CT molecular complexity index is 428. The lowest BCUT2D eigenvalue weighted by atomic mass is 9.76. The molecule has 0 amide bonds. The Morgan fingerprint density at radius 1 is 1.44 bits per heavy atom. The number of hydrogen-bond acceptors (Lipinski definition) is 4. The van der Waals surface area contributed by atoms with E-state index in [1.54, 1.807) is 12.3 Å². The van der Waals surface area contributed by atoms with Gasteiger partial charge in [0.25, 0.3) is 0 Å². The first-order chi connectivity index (χ1) is 8.61. The lowest BCUT2D eigenvalue weighted by molar-refractivity contribution is -0.384. The van der Waals surface area contributed by atoms with Gasteiger partial charge < -0.3 is 5.32 Å². The van der Waals surface area contributed by atoms with Crippen molar-refractivity contribution >= 4 is 11.5 Å². The predicted molar refractivity (Wildman–Crippen MR) is 70.6 cm³/mol. The second-order valence-corrected chi connectivity index (χ2v) is 5.35. The van der Waals surface area contributed by atoms with Gasteiger partial charge in [-0.25, -0.2) is 4.98 Å². The molecule has 1 saturated carbocycles. The molecule has 0 saturated heterocycles. The molecule has 0 unspecified atom stereocenters. The van der Waals surface area contributed by atoms with E-state index >= 15 is 0 Å². The summed E-state index contributed by atoms with van der Waals surface area (Å²) < 4.78 is 0. The third-order valence-electron chi connectivity index (χ3n) is 3.73. The highest BCUT2D eigenvalue weighted by Crippen LogP contribution is 2.36. The quantitative estimate of drug-likeness (QED) is 0.656. The van der Waals surface area contributed by atoms with Crippen LogP contribution in [0.1, 0.15) is 39.0 Å². The summed E-state index contributed by atoms with van der Waals surface area (Å²) in [4.78, 5) is 14.6. The fourth-order valence-corrected chi connectivity index (χ4v) is 2.56. The molecule has 1 aliphatic carbocycles. The second kappa shape index (κ2) is 5.33. The summed E-state index contributed by atoms with van der Waals surface area (Å²) in [6.45, 7) is 3.00. The molecular formula is C13H19N3O2. The van der Waals surface area contributed by atoms with Crippen LogP contribution in [0, 0.1) is 15.5 Å². The molecule has 1 heterocycles. The molecule has 0 bridgehead atoms. The van der Waals surface area contributed by atoms with Crippen molar-refractivity contribution in [1.82, 2.24) is 4.98 Å². The topological polar surface area (TPSA) is 68.1 Å². The van der Waals surface area contributed by atoms with Crippen LogP contribution in [0.5, 0.6) is 0 Å². The Labute approximate surface area is 107 Å². The minimum absolute atomic E-state index is 0.0527. The Kier molecular flexibility index (Phi) is 3.79. The van der Waals surface area contributed by atoms with E-state index in [2.05, 4.69) is 17.2 Å². The molecule has 5 heteroatoms. The lowest BCUT2D eigenvalue weighted by Gasteiger charge is -2.33. The zero-order valence-corrected chi connectivity index (χ0v) is 10.7. The molecule has 0 atom stereocenters. The van der Waals surface area contributed by atoms with Crippen molar-refractivity contribution in [3.8, 4) is 0 Å². The van der Waals surface area contributed by atoms with Crippen molar-refractivity contribution in [1.29, 1.82) is 0 Å². The Morgan fingerprint density at radius 3 is 2.83 bits per heavy atom. The van der Waals surface area contributed by atoms with E-state index in [9.17, 15) is 10.1 Å². The van der Waals surface area contributed by atoms with Crippen molar-refractivity contribution in [2.75, 3.05) is 11.9 Å². The standard InChI is InChI=1S/C13H19N3O2/c1-13(7-3-2-4-8-13)10-15-12-11(16(17)18)6-5-9-14-12/h5-6,9H,2-4,7-8,10H2,1H3,(H,14,15). The maximum Gasteiger partial charge on any atom is 0.311 e. The van der Waals surface area contributed by atoms with Gasteiger partial charge in [-0.1, -0.05) is 26.2 Å². The van der Waals surface area contributed by atoms with Crippen LogP contribution in [-0.4, -0.2) is 16.5 Å². The number of aromatic nitrogens is 1. The smallest absolute Gasteiger partial charge is 0.311 e. The predicted octanol–water partition coefficient (Wildman–Crippen LogP) is 3.37. The van der Waals surface area contributed by atoms with E-state index in [0.717, 1.165) is 6.54 Å². The van der Waals surface area contributed by atoms with E-state index in [-0.39, 0.29) is 11.1 Å². The molecule has 2 rings (SSSR count). The van der Waals surface area contributed by atoms with Crippen molar-refractivity contribution in [3.63, 3.8) is 0 Å². The molecule has 0 spiro atoms. The second-order valence-electron chi connectivity index (χ2n) is 5.35. The van der Waals surface area contributed by atoms with Gasteiger partial charge in [0.1, 0.15) is 0 Å². The fraction of sp³-hybridized carbons (Fsp3) is 0.615. The lowest BCUT2D eigenvalue weighted by Crippen LogP contribution is -2.29. The minimum Gasteiger partial charge on any atom is -0.364 e. The van der Waals surface area contributed by atoms with E-state index in [1.165, 1.54) is 38.2 Å². The van der Waals surface area contributed by atoms with Gasteiger partial charge in [-0.05, 0) is 24.3 Å². The van der Waals surface area contributed by atoms with Crippen molar-refractivity contribution in [2.45, 2.75) is 39.0 Å². The van der Waals surface area contributed by atoms with E-state index in [1.807, 2.05) is 0 Å². The van der Waals surface area contributed by atoms with Crippen LogP contribution in [0.15, 0.2) is 18.3 Å². The summed E-state index contributed by atoms with van der Waals surface area (Å²) >= 11 is 0. The summed E-state index contributed by atoms with van der Waals surface area (Å²) in [5, 5.41) is 14.0. The normalized spacial score (nSPS) is 18.3. The number of nitrogens with zero attached hydrogens (tertiary/aromatic N) is 2. The summed E-state index contributed by atoms with van der Waals surface area (Å²) in [5.41, 5.74) is 0.292. The first-order valence-electron chi connectivity index (χ1n) is 6.44. The van der Waals surface area contributed by atoms with Crippen LogP contribution < -0.4 is 5.32 Å². The van der Waals surface area contributed by atoms with Crippen LogP contribution in [-0.2, 0) is 0 Å². The molecule has 1 aromatic heterocycles. The van der Waals surface area contributed by atoms with Gasteiger partial charge in [0.05, 0.1) is 4.92 Å². The number of pyridine rings is 1. The minimum atomic E-state index is -0.390. The van der Waals surface area contributed by atoms with Crippen LogP contribution in [0.2, 0.25) is 0 Å². The molecule has 1 N–H and O–H groups in total. The highest BCUT2D eigenvalue weighted by atomic mass is 16.6. The monoisotopic (exact) mass is 249 g/mol.